The van der Waals surface area contributed by atoms with E-state index in [2.05, 4.69) is 87.1 Å². The van der Waals surface area contributed by atoms with Crippen LogP contribution in [0.3, 0.4) is 0 Å². The average Bonchev–Trinajstić information content (AvgIpc) is 3.67. The Labute approximate surface area is 439 Å². The number of rotatable bonds is 39. The molecule has 0 radical (unpaired) electrons. The van der Waals surface area contributed by atoms with E-state index in [-0.39, 0.29) is 31.5 Å². The van der Waals surface area contributed by atoms with E-state index in [1.54, 1.807) is 0 Å². The first kappa shape index (κ1) is 59.7. The minimum Gasteiger partial charge on any atom is -0.458 e. The van der Waals surface area contributed by atoms with Gasteiger partial charge in [-0.1, -0.05) is 72.9 Å². The van der Waals surface area contributed by atoms with E-state index in [0.717, 1.165) is 24.3 Å². The molecule has 0 saturated heterocycles. The number of carbonyl (C=O) groups excluding carboxylic acids is 3. The van der Waals surface area contributed by atoms with Crippen LogP contribution in [0.15, 0.2) is 72.8 Å². The number of ether oxygens (including phenoxy) is 10. The highest BCUT2D eigenvalue weighted by Gasteiger charge is 2.29. The van der Waals surface area contributed by atoms with Crippen LogP contribution < -0.4 is 16.0 Å². The summed E-state index contributed by atoms with van der Waals surface area (Å²) in [4.78, 5) is 38.7. The van der Waals surface area contributed by atoms with Crippen molar-refractivity contribution in [2.75, 3.05) is 125 Å². The van der Waals surface area contributed by atoms with Crippen molar-refractivity contribution in [2.24, 2.45) is 0 Å². The first-order chi connectivity index (χ1) is 34.5. The van der Waals surface area contributed by atoms with E-state index in [1.807, 2.05) is 45.0 Å². The number of fused-ring (bicyclic) bond motifs is 3. The molecule has 0 fully saturated rings. The number of aryl methyl sites for hydroxylation is 1. The van der Waals surface area contributed by atoms with E-state index in [1.165, 1.54) is 31.4 Å². The molecule has 394 valence electrons. The van der Waals surface area contributed by atoms with E-state index >= 15 is 0 Å². The lowest BCUT2D eigenvalue weighted by atomic mass is 9.98. The smallest absolute Gasteiger partial charge is 0.407 e. The number of esters is 1. The van der Waals surface area contributed by atoms with Gasteiger partial charge in [-0.3, -0.25) is 4.79 Å². The van der Waals surface area contributed by atoms with E-state index < -0.39 is 23.7 Å². The molecule has 3 aromatic rings. The Morgan fingerprint density at radius 2 is 1.07 bits per heavy atom. The first-order valence-electron chi connectivity index (χ1n) is 24.7. The Morgan fingerprint density at radius 1 is 0.592 bits per heavy atom. The fourth-order valence-electron chi connectivity index (χ4n) is 7.27. The van der Waals surface area contributed by atoms with Gasteiger partial charge in [-0.25, -0.2) is 9.59 Å². The van der Waals surface area contributed by atoms with E-state index in [9.17, 15) is 14.4 Å². The monoisotopic (exact) mass is 1120 g/mol. The molecule has 0 aliphatic heterocycles. The maximum Gasteiger partial charge on any atom is 0.407 e. The first-order valence-corrected chi connectivity index (χ1v) is 26.2. The zero-order chi connectivity index (χ0) is 50.8. The lowest BCUT2D eigenvalue weighted by molar-refractivity contribution is -0.159. The molecule has 2 amide bonds. The van der Waals surface area contributed by atoms with Gasteiger partial charge in [-0.05, 0) is 109 Å². The number of carbonyl (C=O) groups is 3. The van der Waals surface area contributed by atoms with Crippen molar-refractivity contribution in [1.29, 1.82) is 0 Å². The number of thiocarbonyl (C=S) groups is 1. The van der Waals surface area contributed by atoms with Gasteiger partial charge in [0.2, 0.25) is 5.91 Å². The lowest BCUT2D eigenvalue weighted by Gasteiger charge is -2.24. The second-order valence-electron chi connectivity index (χ2n) is 17.5. The predicted octanol–water partition coefficient (Wildman–Crippen LogP) is 7.20. The molecule has 0 bridgehead atoms. The van der Waals surface area contributed by atoms with Crippen molar-refractivity contribution in [3.63, 3.8) is 0 Å². The van der Waals surface area contributed by atoms with Crippen molar-refractivity contribution in [3.8, 4) is 11.1 Å². The maximum absolute atomic E-state index is 12.9. The van der Waals surface area contributed by atoms with Crippen LogP contribution in [-0.2, 0) is 63.4 Å². The SMILES string of the molecule is CC(C)(C)OC(=O)[C@H](CCCCNC(=S)CCc1ccc(I)cc1)NC(=O)CCOCCOCCOCCOCCOCCOCCOCCOCCNC(=O)OCC1c2ccccc2-c2ccccc21. The van der Waals surface area contributed by atoms with Gasteiger partial charge in [-0.2, -0.15) is 0 Å². The van der Waals surface area contributed by atoms with Crippen molar-refractivity contribution in [2.45, 2.75) is 76.9 Å². The Kier molecular flexibility index (Phi) is 30.4. The van der Waals surface area contributed by atoms with Gasteiger partial charge in [0, 0.05) is 35.4 Å². The summed E-state index contributed by atoms with van der Waals surface area (Å²) in [5, 5.41) is 8.89. The number of benzene rings is 3. The molecule has 0 heterocycles. The van der Waals surface area contributed by atoms with E-state index in [4.69, 9.17) is 59.6 Å². The molecule has 0 saturated carbocycles. The third-order valence-corrected chi connectivity index (χ3v) is 11.8. The van der Waals surface area contributed by atoms with Crippen LogP contribution in [0.25, 0.3) is 11.1 Å². The molecule has 4 rings (SSSR count). The maximum atomic E-state index is 12.9. The Bertz CT molecular complexity index is 1930. The molecule has 1 aliphatic carbocycles. The molecule has 0 aromatic heterocycles. The Hall–Kier alpha value is -3.83. The van der Waals surface area contributed by atoms with Crippen LogP contribution in [0.4, 0.5) is 4.79 Å². The van der Waals surface area contributed by atoms with Gasteiger partial charge in [0.05, 0.1) is 111 Å². The minimum absolute atomic E-state index is 0.0246. The summed E-state index contributed by atoms with van der Waals surface area (Å²) in [5.74, 6) is -0.696. The summed E-state index contributed by atoms with van der Waals surface area (Å²) in [6.45, 7) is 13.2. The minimum atomic E-state index is -0.741. The third-order valence-electron chi connectivity index (χ3n) is 10.8. The molecular weight excluding hydrogens is 1050 g/mol. The standard InChI is InChI=1S/C53H76IN3O13S/c1-53(2,3)70-51(59)48(14-8-9-22-55-50(71)20-17-41-15-18-42(54)19-16-41)57-49(58)21-24-61-26-28-63-30-32-65-34-36-67-38-39-68-37-35-66-33-31-64-29-27-62-25-23-56-52(60)69-40-47-45-12-6-4-10-43(45)44-11-5-7-13-46(44)47/h4-7,10-13,15-16,18-19,47-48H,8-9,14,17,20-40H2,1-3H3,(H,55,71)(H,56,60)(H,57,58)/t48-/m0/s1. The summed E-state index contributed by atoms with van der Waals surface area (Å²) < 4.78 is 56.7. The summed E-state index contributed by atoms with van der Waals surface area (Å²) in [6, 6.07) is 24.2. The zero-order valence-corrected chi connectivity index (χ0v) is 44.8. The highest BCUT2D eigenvalue weighted by atomic mass is 127. The highest BCUT2D eigenvalue weighted by molar-refractivity contribution is 14.1. The second-order valence-corrected chi connectivity index (χ2v) is 19.3. The summed E-state index contributed by atoms with van der Waals surface area (Å²) in [6.07, 6.45) is 3.28. The molecular formula is C53H76IN3O13S. The highest BCUT2D eigenvalue weighted by Crippen LogP contribution is 2.44. The molecule has 0 spiro atoms. The topological polar surface area (TPSA) is 180 Å². The van der Waals surface area contributed by atoms with Gasteiger partial charge < -0.3 is 63.3 Å². The summed E-state index contributed by atoms with van der Waals surface area (Å²) in [7, 11) is 0. The Balaban J connectivity index is 0.847. The van der Waals surface area contributed by atoms with Gasteiger partial charge in [0.25, 0.3) is 0 Å². The summed E-state index contributed by atoms with van der Waals surface area (Å²) >= 11 is 7.80. The molecule has 0 unspecified atom stereocenters. The van der Waals surface area contributed by atoms with Crippen LogP contribution in [0, 0.1) is 3.57 Å². The van der Waals surface area contributed by atoms with Gasteiger partial charge in [0.1, 0.15) is 18.2 Å². The number of hydrogen-bond donors (Lipinski definition) is 3. The molecule has 1 aliphatic rings. The van der Waals surface area contributed by atoms with E-state index in [0.29, 0.717) is 125 Å². The van der Waals surface area contributed by atoms with Crippen LogP contribution in [0.5, 0.6) is 0 Å². The van der Waals surface area contributed by atoms with Crippen molar-refractivity contribution < 1.29 is 61.8 Å². The van der Waals surface area contributed by atoms with Crippen molar-refractivity contribution >= 4 is 57.8 Å². The number of hydrogen-bond acceptors (Lipinski definition) is 14. The summed E-state index contributed by atoms with van der Waals surface area (Å²) in [5.41, 5.74) is 5.33. The molecule has 3 aromatic carbocycles. The fraction of sp³-hybridized carbons (Fsp3) is 0.585. The van der Waals surface area contributed by atoms with Crippen LogP contribution in [-0.4, -0.2) is 160 Å². The van der Waals surface area contributed by atoms with Crippen molar-refractivity contribution in [3.05, 3.63) is 93.1 Å². The largest absolute Gasteiger partial charge is 0.458 e. The number of amides is 2. The average molecular weight is 1120 g/mol. The number of halogens is 1. The van der Waals surface area contributed by atoms with Crippen molar-refractivity contribution in [1.82, 2.24) is 16.0 Å². The number of unbranched alkanes of at least 4 members (excludes halogenated alkanes) is 1. The quantitative estimate of drug-likeness (QED) is 0.0226. The molecule has 18 heteroatoms. The molecule has 3 N–H and O–H groups in total. The van der Waals surface area contributed by atoms with Gasteiger partial charge in [0.15, 0.2) is 0 Å². The Morgan fingerprint density at radius 3 is 1.58 bits per heavy atom. The van der Waals surface area contributed by atoms with Crippen LogP contribution >= 0.6 is 34.8 Å². The zero-order valence-electron chi connectivity index (χ0n) is 41.9. The van der Waals surface area contributed by atoms with Gasteiger partial charge >= 0.3 is 12.1 Å². The number of nitrogens with one attached hydrogen (secondary N) is 3. The predicted molar refractivity (Wildman–Crippen MR) is 284 cm³/mol. The normalized spacial score (nSPS) is 12.5. The van der Waals surface area contributed by atoms with Gasteiger partial charge in [-0.15, -0.1) is 0 Å². The molecule has 16 nitrogen and oxygen atoms in total. The lowest BCUT2D eigenvalue weighted by Crippen LogP contribution is -2.44. The second kappa shape index (κ2) is 36.2. The third kappa shape index (κ3) is 26.6. The molecule has 71 heavy (non-hydrogen) atoms. The van der Waals surface area contributed by atoms with Crippen LogP contribution in [0.2, 0.25) is 0 Å². The fourth-order valence-corrected chi connectivity index (χ4v) is 7.83. The molecule has 1 atom stereocenters. The van der Waals surface area contributed by atoms with Crippen LogP contribution in [0.1, 0.15) is 75.5 Å². The number of alkyl carbamates (subject to hydrolysis) is 1.